The van der Waals surface area contributed by atoms with Crippen molar-refractivity contribution in [2.24, 2.45) is 0 Å². The van der Waals surface area contributed by atoms with E-state index in [1.54, 1.807) is 26.2 Å². The summed E-state index contributed by atoms with van der Waals surface area (Å²) in [5.41, 5.74) is 0.819. The number of likely N-dealkylation sites (N-methyl/N-ethyl adjacent to an activating group) is 1. The first-order valence-electron chi connectivity index (χ1n) is 4.87. The molecule has 0 saturated carbocycles. The second-order valence-corrected chi connectivity index (χ2v) is 3.32. The number of aromatic nitrogens is 2. The van der Waals surface area contributed by atoms with Crippen molar-refractivity contribution in [1.29, 1.82) is 0 Å². The highest BCUT2D eigenvalue weighted by molar-refractivity contribution is 5.81. The fourth-order valence-electron chi connectivity index (χ4n) is 1.07. The minimum Gasteiger partial charge on any atom is -0.349 e. The first kappa shape index (κ1) is 11.6. The lowest BCUT2D eigenvalue weighted by Gasteiger charge is -2.10. The van der Waals surface area contributed by atoms with Gasteiger partial charge in [-0.15, -0.1) is 0 Å². The molecule has 1 heterocycles. The molecule has 0 aliphatic heterocycles. The van der Waals surface area contributed by atoms with E-state index in [0.29, 0.717) is 12.4 Å². The Balaban J connectivity index is 2.47. The molecule has 1 atom stereocenters. The van der Waals surface area contributed by atoms with Crippen LogP contribution in [0.2, 0.25) is 0 Å². The maximum absolute atomic E-state index is 11.4. The highest BCUT2D eigenvalue weighted by Crippen LogP contribution is 1.94. The number of hydrogen-bond acceptors (Lipinski definition) is 4. The van der Waals surface area contributed by atoms with Crippen LogP contribution in [0.25, 0.3) is 0 Å². The van der Waals surface area contributed by atoms with Crippen LogP contribution < -0.4 is 10.6 Å². The fourth-order valence-corrected chi connectivity index (χ4v) is 1.07. The van der Waals surface area contributed by atoms with Crippen LogP contribution >= 0.6 is 0 Å². The Labute approximate surface area is 89.3 Å². The molecule has 15 heavy (non-hydrogen) atoms. The largest absolute Gasteiger partial charge is 0.349 e. The molecule has 0 aliphatic carbocycles. The second kappa shape index (κ2) is 5.41. The monoisotopic (exact) mass is 208 g/mol. The number of nitrogens with zero attached hydrogens (tertiary/aromatic N) is 2. The number of carbonyl (C=O) groups excluding carboxylic acids is 1. The van der Waals surface area contributed by atoms with Crippen LogP contribution in [0.5, 0.6) is 0 Å². The number of aryl methyl sites for hydroxylation is 1. The van der Waals surface area contributed by atoms with Gasteiger partial charge in [0.25, 0.3) is 0 Å². The van der Waals surface area contributed by atoms with Gasteiger partial charge in [-0.3, -0.25) is 4.79 Å². The lowest BCUT2D eigenvalue weighted by atomic mass is 10.3. The number of hydrogen-bond donors (Lipinski definition) is 2. The topological polar surface area (TPSA) is 66.9 Å². The molecule has 5 heteroatoms. The van der Waals surface area contributed by atoms with Crippen LogP contribution in [0.15, 0.2) is 12.3 Å². The molecule has 0 aliphatic rings. The van der Waals surface area contributed by atoms with Crippen molar-refractivity contribution in [1.82, 2.24) is 20.6 Å². The molecule has 0 bridgehead atoms. The molecule has 1 amide bonds. The molecular formula is C10H16N4O. The third-order valence-corrected chi connectivity index (χ3v) is 2.10. The summed E-state index contributed by atoms with van der Waals surface area (Å²) in [6, 6.07) is 1.60. The molecule has 2 N–H and O–H groups in total. The van der Waals surface area contributed by atoms with Crippen molar-refractivity contribution in [2.45, 2.75) is 26.4 Å². The number of nitrogens with one attached hydrogen (secondary N) is 2. The minimum atomic E-state index is -0.187. The van der Waals surface area contributed by atoms with Gasteiger partial charge >= 0.3 is 0 Å². The highest BCUT2D eigenvalue weighted by atomic mass is 16.2. The van der Waals surface area contributed by atoms with Gasteiger partial charge in [-0.25, -0.2) is 9.97 Å². The summed E-state index contributed by atoms with van der Waals surface area (Å²) in [5.74, 6) is 0.678. The normalized spacial score (nSPS) is 12.2. The summed E-state index contributed by atoms with van der Waals surface area (Å²) < 4.78 is 0. The maximum Gasteiger partial charge on any atom is 0.237 e. The Morgan fingerprint density at radius 1 is 1.60 bits per heavy atom. The van der Waals surface area contributed by atoms with E-state index < -0.39 is 0 Å². The molecule has 0 saturated heterocycles. The lowest BCUT2D eigenvalue weighted by molar-refractivity contribution is -0.122. The van der Waals surface area contributed by atoms with Crippen LogP contribution in [0.1, 0.15) is 18.4 Å². The van der Waals surface area contributed by atoms with E-state index in [2.05, 4.69) is 20.6 Å². The van der Waals surface area contributed by atoms with Gasteiger partial charge < -0.3 is 10.6 Å². The van der Waals surface area contributed by atoms with Gasteiger partial charge in [-0.05, 0) is 27.0 Å². The van der Waals surface area contributed by atoms with Crippen LogP contribution in [-0.2, 0) is 11.3 Å². The standard InChI is InChI=1S/C10H16N4O/c1-7(11-3)10(15)13-6-9-4-5-12-8(2)14-9/h4-5,7,11H,6H2,1-3H3,(H,13,15). The summed E-state index contributed by atoms with van der Waals surface area (Å²) in [5, 5.41) is 5.65. The Kier molecular flexibility index (Phi) is 4.17. The SMILES string of the molecule is CNC(C)C(=O)NCc1ccnc(C)n1. The molecule has 1 unspecified atom stereocenters. The molecule has 0 radical (unpaired) electrons. The first-order valence-corrected chi connectivity index (χ1v) is 4.87. The van der Waals surface area contributed by atoms with Crippen molar-refractivity contribution in [3.8, 4) is 0 Å². The van der Waals surface area contributed by atoms with Crippen LogP contribution in [0.4, 0.5) is 0 Å². The zero-order valence-electron chi connectivity index (χ0n) is 9.24. The third-order valence-electron chi connectivity index (χ3n) is 2.10. The van der Waals surface area contributed by atoms with Crippen LogP contribution in [0.3, 0.4) is 0 Å². The van der Waals surface area contributed by atoms with Crippen LogP contribution in [0, 0.1) is 6.92 Å². The molecule has 82 valence electrons. The summed E-state index contributed by atoms with van der Waals surface area (Å²) in [4.78, 5) is 19.6. The zero-order chi connectivity index (χ0) is 11.3. The van der Waals surface area contributed by atoms with E-state index in [9.17, 15) is 4.79 Å². The Morgan fingerprint density at radius 2 is 2.33 bits per heavy atom. The van der Waals surface area contributed by atoms with Gasteiger partial charge in [0.15, 0.2) is 0 Å². The van der Waals surface area contributed by atoms with Crippen molar-refractivity contribution in [3.63, 3.8) is 0 Å². The highest BCUT2D eigenvalue weighted by Gasteiger charge is 2.09. The molecule has 1 aromatic heterocycles. The van der Waals surface area contributed by atoms with Gasteiger partial charge in [-0.1, -0.05) is 0 Å². The number of rotatable bonds is 4. The maximum atomic E-state index is 11.4. The third kappa shape index (κ3) is 3.63. The Bertz CT molecular complexity index is 340. The summed E-state index contributed by atoms with van der Waals surface area (Å²) in [7, 11) is 1.75. The van der Waals surface area contributed by atoms with E-state index in [4.69, 9.17) is 0 Å². The second-order valence-electron chi connectivity index (χ2n) is 3.32. The van der Waals surface area contributed by atoms with E-state index >= 15 is 0 Å². The minimum absolute atomic E-state index is 0.0336. The zero-order valence-corrected chi connectivity index (χ0v) is 9.24. The van der Waals surface area contributed by atoms with Gasteiger partial charge in [-0.2, -0.15) is 0 Å². The average Bonchev–Trinajstić information content (AvgIpc) is 2.25. The Morgan fingerprint density at radius 3 is 2.93 bits per heavy atom. The first-order chi connectivity index (χ1) is 7.13. The molecule has 1 rings (SSSR count). The van der Waals surface area contributed by atoms with E-state index in [-0.39, 0.29) is 11.9 Å². The summed E-state index contributed by atoms with van der Waals surface area (Å²) in [6.45, 7) is 4.07. The summed E-state index contributed by atoms with van der Waals surface area (Å²) in [6.07, 6.45) is 1.69. The van der Waals surface area contributed by atoms with Gasteiger partial charge in [0.2, 0.25) is 5.91 Å². The Hall–Kier alpha value is -1.49. The van der Waals surface area contributed by atoms with E-state index in [1.807, 2.05) is 6.92 Å². The van der Waals surface area contributed by atoms with Gasteiger partial charge in [0, 0.05) is 6.20 Å². The molecule has 0 aromatic carbocycles. The van der Waals surface area contributed by atoms with Crippen LogP contribution in [-0.4, -0.2) is 29.0 Å². The summed E-state index contributed by atoms with van der Waals surface area (Å²) >= 11 is 0. The van der Waals surface area contributed by atoms with Crippen molar-refractivity contribution >= 4 is 5.91 Å². The molecule has 1 aromatic rings. The fraction of sp³-hybridized carbons (Fsp3) is 0.500. The molecular weight excluding hydrogens is 192 g/mol. The van der Waals surface area contributed by atoms with E-state index in [0.717, 1.165) is 5.69 Å². The number of amides is 1. The quantitative estimate of drug-likeness (QED) is 0.731. The predicted molar refractivity (Wildman–Crippen MR) is 57.1 cm³/mol. The lowest BCUT2D eigenvalue weighted by Crippen LogP contribution is -2.40. The molecule has 0 spiro atoms. The van der Waals surface area contributed by atoms with Crippen molar-refractivity contribution in [2.75, 3.05) is 7.05 Å². The number of carbonyl (C=O) groups is 1. The molecule has 5 nitrogen and oxygen atoms in total. The smallest absolute Gasteiger partial charge is 0.237 e. The molecule has 0 fully saturated rings. The van der Waals surface area contributed by atoms with Crippen molar-refractivity contribution < 1.29 is 4.79 Å². The van der Waals surface area contributed by atoms with Gasteiger partial charge in [0.1, 0.15) is 5.82 Å². The van der Waals surface area contributed by atoms with Gasteiger partial charge in [0.05, 0.1) is 18.3 Å². The van der Waals surface area contributed by atoms with E-state index in [1.165, 1.54) is 0 Å². The average molecular weight is 208 g/mol. The van der Waals surface area contributed by atoms with Crippen molar-refractivity contribution in [3.05, 3.63) is 23.8 Å². The predicted octanol–water partition coefficient (Wildman–Crippen LogP) is 0.00912.